The molecule has 1 aliphatic rings. The molecule has 1 fully saturated rings. The fourth-order valence-corrected chi connectivity index (χ4v) is 4.15. The molecule has 9 heteroatoms. The maximum absolute atomic E-state index is 9.40. The molecule has 7 nitrogen and oxygen atoms in total. The van der Waals surface area contributed by atoms with Gasteiger partial charge < -0.3 is 15.7 Å². The van der Waals surface area contributed by atoms with E-state index in [1.165, 1.54) is 0 Å². The van der Waals surface area contributed by atoms with E-state index in [1.54, 1.807) is 36.8 Å². The number of aliphatic imine (C=N–C) groups is 1. The van der Waals surface area contributed by atoms with Gasteiger partial charge in [0.25, 0.3) is 0 Å². The summed E-state index contributed by atoms with van der Waals surface area (Å²) in [5.41, 5.74) is 1.88. The number of aliphatic hydroxyl groups excluding tert-OH is 1. The van der Waals surface area contributed by atoms with E-state index in [2.05, 4.69) is 45.1 Å². The Labute approximate surface area is 197 Å². The summed E-state index contributed by atoms with van der Waals surface area (Å²) in [5.74, 6) is 1.84. The van der Waals surface area contributed by atoms with Crippen molar-refractivity contribution in [1.29, 1.82) is 0 Å². The van der Waals surface area contributed by atoms with Crippen LogP contribution in [0.4, 0.5) is 11.8 Å². The molecule has 31 heavy (non-hydrogen) atoms. The Kier molecular flexibility index (Phi) is 17.2. The highest BCUT2D eigenvalue weighted by Crippen LogP contribution is 2.30. The van der Waals surface area contributed by atoms with E-state index >= 15 is 0 Å². The molecule has 2 atom stereocenters. The Bertz CT molecular complexity index is 672. The molecule has 0 radical (unpaired) electrons. The maximum Gasteiger partial charge on any atom is 0.224 e. The fourth-order valence-electron chi connectivity index (χ4n) is 3.21. The van der Waals surface area contributed by atoms with Gasteiger partial charge >= 0.3 is 0 Å². The quantitative estimate of drug-likeness (QED) is 0.140. The van der Waals surface area contributed by atoms with Crippen molar-refractivity contribution in [1.82, 2.24) is 14.7 Å². The van der Waals surface area contributed by atoms with Crippen molar-refractivity contribution >= 4 is 40.5 Å². The van der Waals surface area contributed by atoms with Crippen molar-refractivity contribution in [3.05, 3.63) is 37.1 Å². The predicted molar refractivity (Wildman–Crippen MR) is 142 cm³/mol. The molecule has 0 saturated heterocycles. The Morgan fingerprint density at radius 3 is 2.45 bits per heavy atom. The van der Waals surface area contributed by atoms with E-state index in [4.69, 9.17) is 4.98 Å². The zero-order valence-corrected chi connectivity index (χ0v) is 21.3. The fraction of sp³-hybridized carbons (Fsp3) is 0.591. The lowest BCUT2D eigenvalue weighted by Gasteiger charge is -2.19. The molecule has 0 bridgehead atoms. The number of nitrogens with one attached hydrogen (secondary N) is 3. The number of thioether (sulfide) groups is 1. The van der Waals surface area contributed by atoms with Gasteiger partial charge in [0.15, 0.2) is 0 Å². The average molecular weight is 469 g/mol. The normalized spacial score (nSPS) is 17.7. The van der Waals surface area contributed by atoms with Gasteiger partial charge in [-0.05, 0) is 51.5 Å². The molecule has 176 valence electrons. The van der Waals surface area contributed by atoms with Gasteiger partial charge in [-0.2, -0.15) is 4.98 Å². The van der Waals surface area contributed by atoms with E-state index in [0.717, 1.165) is 54.5 Å². The lowest BCUT2D eigenvalue weighted by molar-refractivity contribution is 0.229. The van der Waals surface area contributed by atoms with Gasteiger partial charge in [0.1, 0.15) is 10.9 Å². The molecular formula is C22H40N6OS2. The van der Waals surface area contributed by atoms with Crippen molar-refractivity contribution in [3.63, 3.8) is 0 Å². The van der Waals surface area contributed by atoms with E-state index in [9.17, 15) is 5.11 Å². The maximum atomic E-state index is 9.40. The predicted octanol–water partition coefficient (Wildman–Crippen LogP) is 4.37. The van der Waals surface area contributed by atoms with Crippen LogP contribution in [0.1, 0.15) is 37.4 Å². The standard InChI is InChI=1S/C17H30N6OS2.C3H6.C2H4/c1-11-14(16(18-2)25-3)15(22-13-6-5-12(9-13)10-24)23-17(21-11)19-7-8-20-26-4;1-3-2;1-2/h12-13,20,24H,5-10H2,1-4H3,(H2,19,21,22,23);3H,1H2,2H3;1-2H2. The molecule has 0 spiro atoms. The second-order valence-corrected chi connectivity index (χ2v) is 8.22. The Morgan fingerprint density at radius 1 is 1.26 bits per heavy atom. The molecule has 4 N–H and O–H groups in total. The van der Waals surface area contributed by atoms with Crippen LogP contribution in [0.2, 0.25) is 0 Å². The van der Waals surface area contributed by atoms with Crippen LogP contribution in [0.25, 0.3) is 0 Å². The first-order chi connectivity index (χ1) is 15.0. The van der Waals surface area contributed by atoms with Gasteiger partial charge in [0.2, 0.25) is 5.95 Å². The molecule has 0 aromatic carbocycles. The number of rotatable bonds is 9. The number of nitrogens with zero attached hydrogens (tertiary/aromatic N) is 3. The Balaban J connectivity index is 0.00000165. The first-order valence-corrected chi connectivity index (χ1v) is 12.8. The summed E-state index contributed by atoms with van der Waals surface area (Å²) in [7, 11) is 1.80. The summed E-state index contributed by atoms with van der Waals surface area (Å²) in [4.78, 5) is 13.8. The van der Waals surface area contributed by atoms with Crippen molar-refractivity contribution in [3.8, 4) is 0 Å². The van der Waals surface area contributed by atoms with Crippen molar-refractivity contribution in [2.75, 3.05) is 49.9 Å². The molecule has 2 unspecified atom stereocenters. The minimum atomic E-state index is 0.259. The summed E-state index contributed by atoms with van der Waals surface area (Å²) in [6.07, 6.45) is 8.84. The van der Waals surface area contributed by atoms with Crippen molar-refractivity contribution in [2.45, 2.75) is 39.2 Å². The van der Waals surface area contributed by atoms with Gasteiger partial charge in [-0.3, -0.25) is 9.71 Å². The zero-order valence-electron chi connectivity index (χ0n) is 19.7. The number of hydrogen-bond acceptors (Lipinski definition) is 9. The Morgan fingerprint density at radius 2 is 1.94 bits per heavy atom. The summed E-state index contributed by atoms with van der Waals surface area (Å²) in [6.45, 7) is 15.1. The number of allylic oxidation sites excluding steroid dienone is 1. The average Bonchev–Trinajstić information content (AvgIpc) is 3.23. The zero-order chi connectivity index (χ0) is 23.6. The van der Waals surface area contributed by atoms with Crippen LogP contribution in [0, 0.1) is 12.8 Å². The lowest BCUT2D eigenvalue weighted by Crippen LogP contribution is -2.22. The van der Waals surface area contributed by atoms with E-state index in [0.29, 0.717) is 17.9 Å². The van der Waals surface area contributed by atoms with Crippen LogP contribution in [0.15, 0.2) is 30.8 Å². The van der Waals surface area contributed by atoms with E-state index < -0.39 is 0 Å². The highest BCUT2D eigenvalue weighted by Gasteiger charge is 2.26. The number of aryl methyl sites for hydroxylation is 1. The molecule has 1 aromatic rings. The number of aliphatic hydroxyl groups is 1. The Hall–Kier alpha value is -1.55. The topological polar surface area (TPSA) is 94.5 Å². The van der Waals surface area contributed by atoms with E-state index in [1.807, 2.05) is 26.4 Å². The van der Waals surface area contributed by atoms with Gasteiger partial charge in [0.05, 0.1) is 11.3 Å². The van der Waals surface area contributed by atoms with Crippen LogP contribution >= 0.6 is 23.7 Å². The van der Waals surface area contributed by atoms with Crippen LogP contribution in [-0.2, 0) is 0 Å². The number of anilines is 2. The molecule has 1 saturated carbocycles. The second kappa shape index (κ2) is 18.1. The monoisotopic (exact) mass is 468 g/mol. The molecule has 1 aliphatic carbocycles. The summed E-state index contributed by atoms with van der Waals surface area (Å²) in [5, 5.41) is 17.2. The third-order valence-corrected chi connectivity index (χ3v) is 5.76. The molecule has 1 aromatic heterocycles. The van der Waals surface area contributed by atoms with Crippen LogP contribution in [0.3, 0.4) is 0 Å². The van der Waals surface area contributed by atoms with Gasteiger partial charge in [-0.25, -0.2) is 4.98 Å². The summed E-state index contributed by atoms with van der Waals surface area (Å²) < 4.78 is 3.20. The van der Waals surface area contributed by atoms with E-state index in [-0.39, 0.29) is 6.61 Å². The SMILES string of the molecule is C=C.C=CC.CN=C(SC)c1c(C)nc(NCCNSC)nc1NC1CCC(CO)C1. The van der Waals surface area contributed by atoms with Crippen LogP contribution in [0.5, 0.6) is 0 Å². The largest absolute Gasteiger partial charge is 0.396 e. The molecule has 2 rings (SSSR count). The molecule has 1 heterocycles. The van der Waals surface area contributed by atoms with Crippen LogP contribution < -0.4 is 15.4 Å². The third kappa shape index (κ3) is 10.5. The van der Waals surface area contributed by atoms with Crippen LogP contribution in [-0.4, -0.2) is 65.4 Å². The molecule has 0 aliphatic heterocycles. The first kappa shape index (κ1) is 29.5. The smallest absolute Gasteiger partial charge is 0.224 e. The minimum absolute atomic E-state index is 0.259. The summed E-state index contributed by atoms with van der Waals surface area (Å²) in [6, 6.07) is 0.325. The van der Waals surface area contributed by atoms with Crippen molar-refractivity contribution in [2.24, 2.45) is 10.9 Å². The number of aromatic nitrogens is 2. The first-order valence-electron chi connectivity index (χ1n) is 10.4. The van der Waals surface area contributed by atoms with Crippen molar-refractivity contribution < 1.29 is 5.11 Å². The van der Waals surface area contributed by atoms with Gasteiger partial charge in [0, 0.05) is 32.8 Å². The van der Waals surface area contributed by atoms with Gasteiger partial charge in [-0.1, -0.05) is 18.0 Å². The third-order valence-electron chi connectivity index (χ3n) is 4.50. The highest BCUT2D eigenvalue weighted by molar-refractivity contribution is 8.13. The second-order valence-electron chi connectivity index (χ2n) is 6.73. The lowest BCUT2D eigenvalue weighted by atomic mass is 10.1. The molecular weight excluding hydrogens is 428 g/mol. The minimum Gasteiger partial charge on any atom is -0.396 e. The van der Waals surface area contributed by atoms with Gasteiger partial charge in [-0.15, -0.1) is 31.5 Å². The number of hydrogen-bond donors (Lipinski definition) is 4. The highest BCUT2D eigenvalue weighted by atomic mass is 32.2. The summed E-state index contributed by atoms with van der Waals surface area (Å²) >= 11 is 3.20. The molecule has 0 amide bonds.